The zero-order chi connectivity index (χ0) is 17.4. The normalized spacial score (nSPS) is 15.2. The fourth-order valence-corrected chi connectivity index (χ4v) is 3.13. The third kappa shape index (κ3) is 2.78. The summed E-state index contributed by atoms with van der Waals surface area (Å²) in [5, 5.41) is 5.61. The lowest BCUT2D eigenvalue weighted by Gasteiger charge is -2.27. The van der Waals surface area contributed by atoms with E-state index >= 15 is 0 Å². The molecular formula is C17H21N7O. The molecule has 0 radical (unpaired) electrons. The fourth-order valence-electron chi connectivity index (χ4n) is 3.13. The lowest BCUT2D eigenvalue weighted by molar-refractivity contribution is 0.122. The van der Waals surface area contributed by atoms with Crippen LogP contribution < -0.4 is 10.6 Å². The predicted octanol–water partition coefficient (Wildman–Crippen LogP) is 1.89. The van der Waals surface area contributed by atoms with Gasteiger partial charge in [0.05, 0.1) is 29.8 Å². The third-order valence-electron chi connectivity index (χ3n) is 4.37. The number of nitrogens with zero attached hydrogens (tertiary/aromatic N) is 6. The Labute approximate surface area is 145 Å². The summed E-state index contributed by atoms with van der Waals surface area (Å²) in [5.74, 6) is 1.34. The molecule has 0 aliphatic carbocycles. The van der Waals surface area contributed by atoms with Crippen LogP contribution in [0.15, 0.2) is 24.7 Å². The highest BCUT2D eigenvalue weighted by molar-refractivity contribution is 5.99. The third-order valence-corrected chi connectivity index (χ3v) is 4.37. The van der Waals surface area contributed by atoms with Gasteiger partial charge in [-0.2, -0.15) is 5.10 Å². The van der Waals surface area contributed by atoms with Crippen molar-refractivity contribution in [2.75, 3.05) is 36.9 Å². The van der Waals surface area contributed by atoms with E-state index in [0.29, 0.717) is 19.0 Å². The van der Waals surface area contributed by atoms with Crippen molar-refractivity contribution < 1.29 is 4.74 Å². The number of aromatic nitrogens is 5. The number of pyridine rings is 1. The zero-order valence-electron chi connectivity index (χ0n) is 14.4. The average molecular weight is 339 g/mol. The number of ether oxygens (including phenoxy) is 1. The highest BCUT2D eigenvalue weighted by atomic mass is 16.5. The molecule has 1 saturated heterocycles. The van der Waals surface area contributed by atoms with E-state index in [-0.39, 0.29) is 6.04 Å². The molecule has 4 heterocycles. The summed E-state index contributed by atoms with van der Waals surface area (Å²) in [6, 6.07) is 4.11. The highest BCUT2D eigenvalue weighted by Crippen LogP contribution is 2.32. The molecule has 1 fully saturated rings. The number of hydrogen-bond acceptors (Lipinski definition) is 7. The SMILES string of the molecule is CC(C)n1nc(-c2cc(N3CCOCC3)ncn2)c2c(N)nccc21. The Morgan fingerprint density at radius 3 is 2.72 bits per heavy atom. The lowest BCUT2D eigenvalue weighted by atomic mass is 10.2. The lowest BCUT2D eigenvalue weighted by Crippen LogP contribution is -2.36. The van der Waals surface area contributed by atoms with E-state index < -0.39 is 0 Å². The quantitative estimate of drug-likeness (QED) is 0.778. The number of nitrogens with two attached hydrogens (primary N) is 1. The summed E-state index contributed by atoms with van der Waals surface area (Å²) in [6.07, 6.45) is 3.29. The van der Waals surface area contributed by atoms with Gasteiger partial charge in [0.25, 0.3) is 0 Å². The van der Waals surface area contributed by atoms with Crippen LogP contribution in [0.5, 0.6) is 0 Å². The van der Waals surface area contributed by atoms with Gasteiger partial charge in [-0.1, -0.05) is 0 Å². The highest BCUT2D eigenvalue weighted by Gasteiger charge is 2.20. The number of nitrogen functional groups attached to an aromatic ring is 1. The first kappa shape index (κ1) is 15.8. The van der Waals surface area contributed by atoms with Crippen molar-refractivity contribution in [2.24, 2.45) is 0 Å². The molecule has 1 aliphatic heterocycles. The van der Waals surface area contributed by atoms with Gasteiger partial charge >= 0.3 is 0 Å². The first-order valence-corrected chi connectivity index (χ1v) is 8.43. The monoisotopic (exact) mass is 339 g/mol. The molecule has 3 aromatic heterocycles. The Balaban J connectivity index is 1.84. The van der Waals surface area contributed by atoms with Crippen LogP contribution in [-0.2, 0) is 4.74 Å². The van der Waals surface area contributed by atoms with Crippen LogP contribution in [0.1, 0.15) is 19.9 Å². The molecule has 3 aromatic rings. The fraction of sp³-hybridized carbons (Fsp3) is 0.412. The molecule has 4 rings (SSSR count). The Morgan fingerprint density at radius 2 is 1.96 bits per heavy atom. The number of hydrogen-bond donors (Lipinski definition) is 1. The Kier molecular flexibility index (Phi) is 3.96. The summed E-state index contributed by atoms with van der Waals surface area (Å²) in [6.45, 7) is 7.24. The second-order valence-electron chi connectivity index (χ2n) is 6.34. The van der Waals surface area contributed by atoms with Gasteiger partial charge in [0, 0.05) is 31.4 Å². The number of fused-ring (bicyclic) bond motifs is 1. The van der Waals surface area contributed by atoms with Crippen molar-refractivity contribution in [1.29, 1.82) is 0 Å². The van der Waals surface area contributed by atoms with Crippen molar-refractivity contribution in [3.8, 4) is 11.4 Å². The summed E-state index contributed by atoms with van der Waals surface area (Å²) >= 11 is 0. The topological polar surface area (TPSA) is 95.0 Å². The van der Waals surface area contributed by atoms with Gasteiger partial charge in [0.15, 0.2) is 0 Å². The minimum absolute atomic E-state index is 0.207. The van der Waals surface area contributed by atoms with Gasteiger partial charge in [0.2, 0.25) is 0 Å². The summed E-state index contributed by atoms with van der Waals surface area (Å²) < 4.78 is 7.37. The second-order valence-corrected chi connectivity index (χ2v) is 6.34. The molecule has 0 unspecified atom stereocenters. The van der Waals surface area contributed by atoms with Crippen molar-refractivity contribution in [3.05, 3.63) is 24.7 Å². The predicted molar refractivity (Wildman–Crippen MR) is 96.4 cm³/mol. The van der Waals surface area contributed by atoms with E-state index in [9.17, 15) is 0 Å². The molecule has 25 heavy (non-hydrogen) atoms. The maximum absolute atomic E-state index is 6.15. The zero-order valence-corrected chi connectivity index (χ0v) is 14.4. The number of anilines is 2. The van der Waals surface area contributed by atoms with Crippen LogP contribution in [0.4, 0.5) is 11.6 Å². The van der Waals surface area contributed by atoms with E-state index in [1.165, 1.54) is 0 Å². The number of morpholine rings is 1. The van der Waals surface area contributed by atoms with Crippen LogP contribution in [-0.4, -0.2) is 51.0 Å². The first-order chi connectivity index (χ1) is 12.1. The maximum atomic E-state index is 6.15. The van der Waals surface area contributed by atoms with Crippen LogP contribution in [0.3, 0.4) is 0 Å². The Bertz CT molecular complexity index is 899. The van der Waals surface area contributed by atoms with E-state index in [4.69, 9.17) is 15.6 Å². The standard InChI is InChI=1S/C17H21N7O/c1-11(2)24-13-3-4-19-17(18)15(13)16(22-24)12-9-14(21-10-20-12)23-5-7-25-8-6-23/h3-4,9-11H,5-8H2,1-2H3,(H2,18,19). The molecule has 8 heteroatoms. The molecule has 1 aliphatic rings. The summed E-state index contributed by atoms with van der Waals surface area (Å²) in [7, 11) is 0. The van der Waals surface area contributed by atoms with E-state index in [0.717, 1.165) is 41.2 Å². The largest absolute Gasteiger partial charge is 0.383 e. The minimum atomic E-state index is 0.207. The molecule has 130 valence electrons. The summed E-state index contributed by atoms with van der Waals surface area (Å²) in [5.41, 5.74) is 8.61. The van der Waals surface area contributed by atoms with E-state index in [1.807, 2.05) is 16.8 Å². The molecule has 0 spiro atoms. The molecular weight excluding hydrogens is 318 g/mol. The maximum Gasteiger partial charge on any atom is 0.135 e. The van der Waals surface area contributed by atoms with Crippen LogP contribution in [0, 0.1) is 0 Å². The molecule has 0 atom stereocenters. The van der Waals surface area contributed by atoms with E-state index in [2.05, 4.69) is 33.7 Å². The van der Waals surface area contributed by atoms with Gasteiger partial charge < -0.3 is 15.4 Å². The second kappa shape index (κ2) is 6.29. The molecule has 0 aromatic carbocycles. The van der Waals surface area contributed by atoms with Crippen molar-refractivity contribution in [2.45, 2.75) is 19.9 Å². The van der Waals surface area contributed by atoms with Crippen molar-refractivity contribution in [1.82, 2.24) is 24.7 Å². The van der Waals surface area contributed by atoms with Gasteiger partial charge in [-0.15, -0.1) is 0 Å². The van der Waals surface area contributed by atoms with Gasteiger partial charge in [-0.3, -0.25) is 4.68 Å². The molecule has 0 saturated carbocycles. The number of rotatable bonds is 3. The van der Waals surface area contributed by atoms with Crippen molar-refractivity contribution >= 4 is 22.5 Å². The summed E-state index contributed by atoms with van der Waals surface area (Å²) in [4.78, 5) is 15.3. The Hall–Kier alpha value is -2.74. The average Bonchev–Trinajstić information content (AvgIpc) is 3.04. The van der Waals surface area contributed by atoms with Gasteiger partial charge in [-0.25, -0.2) is 15.0 Å². The smallest absolute Gasteiger partial charge is 0.135 e. The van der Waals surface area contributed by atoms with Crippen LogP contribution >= 0.6 is 0 Å². The molecule has 0 bridgehead atoms. The molecule has 8 nitrogen and oxygen atoms in total. The van der Waals surface area contributed by atoms with E-state index in [1.54, 1.807) is 12.5 Å². The van der Waals surface area contributed by atoms with Gasteiger partial charge in [0.1, 0.15) is 23.7 Å². The van der Waals surface area contributed by atoms with Crippen LogP contribution in [0.25, 0.3) is 22.3 Å². The van der Waals surface area contributed by atoms with Crippen molar-refractivity contribution in [3.63, 3.8) is 0 Å². The van der Waals surface area contributed by atoms with Gasteiger partial charge in [-0.05, 0) is 19.9 Å². The van der Waals surface area contributed by atoms with Crippen LogP contribution in [0.2, 0.25) is 0 Å². The minimum Gasteiger partial charge on any atom is -0.383 e. The Morgan fingerprint density at radius 1 is 1.16 bits per heavy atom. The molecule has 2 N–H and O–H groups in total. The molecule has 0 amide bonds. The first-order valence-electron chi connectivity index (χ1n) is 8.43.